The van der Waals surface area contributed by atoms with Gasteiger partial charge in [-0.3, -0.25) is 0 Å². The lowest BCUT2D eigenvalue weighted by atomic mass is 9.91. The predicted molar refractivity (Wildman–Crippen MR) is 83.7 cm³/mol. The zero-order chi connectivity index (χ0) is 13.7. The lowest BCUT2D eigenvalue weighted by Gasteiger charge is -2.21. The Morgan fingerprint density at radius 2 is 2.11 bits per heavy atom. The lowest BCUT2D eigenvalue weighted by Crippen LogP contribution is -2.22. The number of hydrogen-bond acceptors (Lipinski definition) is 1. The fourth-order valence-electron chi connectivity index (χ4n) is 3.06. The minimum atomic E-state index is 0.585. The summed E-state index contributed by atoms with van der Waals surface area (Å²) < 4.78 is 0. The van der Waals surface area contributed by atoms with E-state index in [2.05, 4.69) is 44.3 Å². The van der Waals surface area contributed by atoms with Gasteiger partial charge in [0.05, 0.1) is 0 Å². The monoisotopic (exact) mass is 259 g/mol. The fourth-order valence-corrected chi connectivity index (χ4v) is 3.06. The number of rotatable bonds is 5. The van der Waals surface area contributed by atoms with Crippen LogP contribution in [0.1, 0.15) is 81.5 Å². The topological polar surface area (TPSA) is 12.0 Å². The van der Waals surface area contributed by atoms with E-state index >= 15 is 0 Å². The van der Waals surface area contributed by atoms with E-state index in [4.69, 9.17) is 0 Å². The van der Waals surface area contributed by atoms with Gasteiger partial charge in [0.1, 0.15) is 0 Å². The molecule has 0 heterocycles. The van der Waals surface area contributed by atoms with E-state index in [0.29, 0.717) is 12.0 Å². The molecule has 2 rings (SSSR count). The zero-order valence-electron chi connectivity index (χ0n) is 12.8. The SMILES string of the molecule is CCCNC1CCCCc2ccc(C(C)CC)cc21. The van der Waals surface area contributed by atoms with Gasteiger partial charge < -0.3 is 5.32 Å². The van der Waals surface area contributed by atoms with Crippen LogP contribution in [-0.2, 0) is 6.42 Å². The molecule has 19 heavy (non-hydrogen) atoms. The number of aryl methyl sites for hydroxylation is 1. The summed E-state index contributed by atoms with van der Waals surface area (Å²) in [5.74, 6) is 0.681. The number of benzene rings is 1. The van der Waals surface area contributed by atoms with E-state index in [0.717, 1.165) is 6.54 Å². The minimum absolute atomic E-state index is 0.585. The van der Waals surface area contributed by atoms with Gasteiger partial charge in [-0.2, -0.15) is 0 Å². The van der Waals surface area contributed by atoms with Crippen molar-refractivity contribution in [3.63, 3.8) is 0 Å². The second kappa shape index (κ2) is 7.09. The first-order chi connectivity index (χ1) is 9.26. The highest BCUT2D eigenvalue weighted by Gasteiger charge is 2.19. The first-order valence-electron chi connectivity index (χ1n) is 8.12. The smallest absolute Gasteiger partial charge is 0.0323 e. The molecule has 1 aliphatic rings. The Morgan fingerprint density at radius 3 is 2.84 bits per heavy atom. The van der Waals surface area contributed by atoms with Crippen molar-refractivity contribution >= 4 is 0 Å². The molecular formula is C18H29N. The molecule has 1 aliphatic carbocycles. The van der Waals surface area contributed by atoms with E-state index in [9.17, 15) is 0 Å². The van der Waals surface area contributed by atoms with Crippen LogP contribution in [0.25, 0.3) is 0 Å². The minimum Gasteiger partial charge on any atom is -0.310 e. The summed E-state index contributed by atoms with van der Waals surface area (Å²) in [5.41, 5.74) is 4.69. The molecule has 0 aliphatic heterocycles. The highest BCUT2D eigenvalue weighted by atomic mass is 14.9. The molecule has 1 N–H and O–H groups in total. The first kappa shape index (κ1) is 14.6. The molecule has 0 fully saturated rings. The number of fused-ring (bicyclic) bond motifs is 1. The van der Waals surface area contributed by atoms with Crippen LogP contribution in [0.4, 0.5) is 0 Å². The molecule has 0 bridgehead atoms. The van der Waals surface area contributed by atoms with Gasteiger partial charge in [-0.15, -0.1) is 0 Å². The van der Waals surface area contributed by atoms with Crippen LogP contribution in [-0.4, -0.2) is 6.54 Å². The van der Waals surface area contributed by atoms with Crippen molar-refractivity contribution in [2.75, 3.05) is 6.54 Å². The highest BCUT2D eigenvalue weighted by molar-refractivity contribution is 5.36. The Balaban J connectivity index is 2.27. The maximum Gasteiger partial charge on any atom is 0.0323 e. The molecule has 2 atom stereocenters. The van der Waals surface area contributed by atoms with Gasteiger partial charge in [-0.1, -0.05) is 45.4 Å². The van der Waals surface area contributed by atoms with E-state index in [1.807, 2.05) is 0 Å². The van der Waals surface area contributed by atoms with Crippen LogP contribution in [0.5, 0.6) is 0 Å². The standard InChI is InChI=1S/C18H29N/c1-4-12-19-18-9-7-6-8-15-10-11-16(13-17(15)18)14(3)5-2/h10-11,13-14,18-19H,4-9,12H2,1-3H3. The summed E-state index contributed by atoms with van der Waals surface area (Å²) in [7, 11) is 0. The average molecular weight is 259 g/mol. The van der Waals surface area contributed by atoms with E-state index < -0.39 is 0 Å². The average Bonchev–Trinajstić information content (AvgIpc) is 2.65. The predicted octanol–water partition coefficient (Wildman–Crippen LogP) is 4.97. The molecule has 1 nitrogen and oxygen atoms in total. The third-order valence-corrected chi connectivity index (χ3v) is 4.56. The van der Waals surface area contributed by atoms with Crippen molar-refractivity contribution in [2.24, 2.45) is 0 Å². The number of nitrogens with one attached hydrogen (secondary N) is 1. The Morgan fingerprint density at radius 1 is 1.26 bits per heavy atom. The van der Waals surface area contributed by atoms with Crippen molar-refractivity contribution in [2.45, 2.75) is 71.3 Å². The summed E-state index contributed by atoms with van der Waals surface area (Å²) in [6.45, 7) is 8.01. The molecule has 1 aromatic carbocycles. The molecule has 1 aromatic rings. The Bertz CT molecular complexity index is 397. The summed E-state index contributed by atoms with van der Waals surface area (Å²) in [5, 5.41) is 3.75. The van der Waals surface area contributed by atoms with Gasteiger partial charge in [-0.25, -0.2) is 0 Å². The van der Waals surface area contributed by atoms with Gasteiger partial charge in [0.15, 0.2) is 0 Å². The van der Waals surface area contributed by atoms with Crippen LogP contribution >= 0.6 is 0 Å². The highest BCUT2D eigenvalue weighted by Crippen LogP contribution is 2.31. The third-order valence-electron chi connectivity index (χ3n) is 4.56. The number of hydrogen-bond donors (Lipinski definition) is 1. The van der Waals surface area contributed by atoms with E-state index in [1.54, 1.807) is 11.1 Å². The molecule has 2 unspecified atom stereocenters. The van der Waals surface area contributed by atoms with Crippen molar-refractivity contribution in [3.05, 3.63) is 34.9 Å². The van der Waals surface area contributed by atoms with Crippen molar-refractivity contribution < 1.29 is 0 Å². The van der Waals surface area contributed by atoms with Gasteiger partial charge in [-0.05, 0) is 61.3 Å². The van der Waals surface area contributed by atoms with Gasteiger partial charge in [0, 0.05) is 6.04 Å². The van der Waals surface area contributed by atoms with Crippen molar-refractivity contribution in [3.8, 4) is 0 Å². The lowest BCUT2D eigenvalue weighted by molar-refractivity contribution is 0.489. The van der Waals surface area contributed by atoms with Crippen molar-refractivity contribution in [1.29, 1.82) is 0 Å². The maximum absolute atomic E-state index is 3.75. The second-order valence-electron chi connectivity index (χ2n) is 6.02. The van der Waals surface area contributed by atoms with Gasteiger partial charge in [0.25, 0.3) is 0 Å². The molecule has 0 saturated carbocycles. The van der Waals surface area contributed by atoms with E-state index in [-0.39, 0.29) is 0 Å². The Kier molecular flexibility index (Phi) is 5.45. The maximum atomic E-state index is 3.75. The Hall–Kier alpha value is -0.820. The van der Waals surface area contributed by atoms with Crippen LogP contribution in [0.2, 0.25) is 0 Å². The molecular weight excluding hydrogens is 230 g/mol. The normalized spacial score (nSPS) is 20.7. The summed E-state index contributed by atoms with van der Waals surface area (Å²) >= 11 is 0. The van der Waals surface area contributed by atoms with Crippen LogP contribution in [0.3, 0.4) is 0 Å². The van der Waals surface area contributed by atoms with Crippen LogP contribution < -0.4 is 5.32 Å². The molecule has 0 radical (unpaired) electrons. The van der Waals surface area contributed by atoms with Crippen molar-refractivity contribution in [1.82, 2.24) is 5.32 Å². The molecule has 1 heteroatoms. The van der Waals surface area contributed by atoms with Crippen LogP contribution in [0, 0.1) is 0 Å². The first-order valence-corrected chi connectivity index (χ1v) is 8.12. The molecule has 0 spiro atoms. The summed E-state index contributed by atoms with van der Waals surface area (Å²) in [6.07, 6.45) is 7.72. The summed E-state index contributed by atoms with van der Waals surface area (Å²) in [4.78, 5) is 0. The molecule has 0 saturated heterocycles. The molecule has 0 amide bonds. The van der Waals surface area contributed by atoms with E-state index in [1.165, 1.54) is 44.1 Å². The summed E-state index contributed by atoms with van der Waals surface area (Å²) in [6, 6.07) is 7.82. The fraction of sp³-hybridized carbons (Fsp3) is 0.667. The second-order valence-corrected chi connectivity index (χ2v) is 6.02. The zero-order valence-corrected chi connectivity index (χ0v) is 12.8. The van der Waals surface area contributed by atoms with Crippen LogP contribution in [0.15, 0.2) is 18.2 Å². The molecule has 0 aromatic heterocycles. The largest absolute Gasteiger partial charge is 0.310 e. The molecule has 106 valence electrons. The van der Waals surface area contributed by atoms with Gasteiger partial charge in [0.2, 0.25) is 0 Å². The quantitative estimate of drug-likeness (QED) is 0.736. The van der Waals surface area contributed by atoms with Gasteiger partial charge >= 0.3 is 0 Å². The Labute approximate surface area is 118 Å². The third kappa shape index (κ3) is 3.60.